The molecule has 0 atom stereocenters. The number of amides is 1. The Morgan fingerprint density at radius 2 is 1.69 bits per heavy atom. The van der Waals surface area contributed by atoms with Crippen molar-refractivity contribution in [3.05, 3.63) is 65.7 Å². The summed E-state index contributed by atoms with van der Waals surface area (Å²) in [4.78, 5) is 25.3. The molecule has 0 saturated heterocycles. The van der Waals surface area contributed by atoms with Gasteiger partial charge in [-0.1, -0.05) is 48.5 Å². The Morgan fingerprint density at radius 3 is 2.38 bits per heavy atom. The molecular formula is C21H25NO4. The van der Waals surface area contributed by atoms with Crippen molar-refractivity contribution in [1.29, 1.82) is 0 Å². The molecule has 2 aromatic carbocycles. The number of methoxy groups -OCH3 is 1. The van der Waals surface area contributed by atoms with Crippen LogP contribution in [0, 0.1) is 0 Å². The quantitative estimate of drug-likeness (QED) is 0.708. The lowest BCUT2D eigenvalue weighted by Crippen LogP contribution is -2.32. The van der Waals surface area contributed by atoms with Gasteiger partial charge in [0.15, 0.2) is 0 Å². The van der Waals surface area contributed by atoms with Gasteiger partial charge in [-0.25, -0.2) is 0 Å². The zero-order chi connectivity index (χ0) is 18.8. The SMILES string of the molecule is COc1ccccc1CCC(=O)N(CCCC(=O)O)Cc1ccccc1. The zero-order valence-electron chi connectivity index (χ0n) is 15.1. The normalized spacial score (nSPS) is 10.3. The average molecular weight is 355 g/mol. The maximum atomic E-state index is 12.7. The molecule has 0 bridgehead atoms. The van der Waals surface area contributed by atoms with Gasteiger partial charge in [0, 0.05) is 25.9 Å². The second kappa shape index (κ2) is 10.2. The summed E-state index contributed by atoms with van der Waals surface area (Å²) in [5.41, 5.74) is 2.03. The number of rotatable bonds is 10. The Labute approximate surface area is 154 Å². The van der Waals surface area contributed by atoms with Crippen LogP contribution in [0.5, 0.6) is 5.75 Å². The molecule has 0 aliphatic heterocycles. The zero-order valence-corrected chi connectivity index (χ0v) is 15.1. The molecule has 2 aromatic rings. The van der Waals surface area contributed by atoms with E-state index in [0.717, 1.165) is 16.9 Å². The van der Waals surface area contributed by atoms with E-state index in [0.29, 0.717) is 32.4 Å². The Bertz CT molecular complexity index is 715. The topological polar surface area (TPSA) is 66.8 Å². The molecule has 0 spiro atoms. The van der Waals surface area contributed by atoms with E-state index in [1.54, 1.807) is 12.0 Å². The van der Waals surface area contributed by atoms with Crippen molar-refractivity contribution < 1.29 is 19.4 Å². The number of hydrogen-bond donors (Lipinski definition) is 1. The fraction of sp³-hybridized carbons (Fsp3) is 0.333. The van der Waals surface area contributed by atoms with Crippen LogP contribution in [0.15, 0.2) is 54.6 Å². The average Bonchev–Trinajstić information content (AvgIpc) is 2.66. The van der Waals surface area contributed by atoms with E-state index in [1.165, 1.54) is 0 Å². The van der Waals surface area contributed by atoms with Gasteiger partial charge < -0.3 is 14.7 Å². The van der Waals surface area contributed by atoms with E-state index < -0.39 is 5.97 Å². The molecule has 0 heterocycles. The van der Waals surface area contributed by atoms with E-state index in [2.05, 4.69) is 0 Å². The number of aryl methyl sites for hydroxylation is 1. The number of ether oxygens (including phenoxy) is 1. The largest absolute Gasteiger partial charge is 0.496 e. The van der Waals surface area contributed by atoms with Gasteiger partial charge in [-0.2, -0.15) is 0 Å². The van der Waals surface area contributed by atoms with E-state index >= 15 is 0 Å². The summed E-state index contributed by atoms with van der Waals surface area (Å²) in [6, 6.07) is 17.4. The molecule has 0 unspecified atom stereocenters. The lowest BCUT2D eigenvalue weighted by Gasteiger charge is -2.23. The van der Waals surface area contributed by atoms with Crippen LogP contribution in [-0.4, -0.2) is 35.5 Å². The van der Waals surface area contributed by atoms with Crippen molar-refractivity contribution in [1.82, 2.24) is 4.90 Å². The number of carboxylic acids is 1. The smallest absolute Gasteiger partial charge is 0.303 e. The number of carbonyl (C=O) groups is 2. The van der Waals surface area contributed by atoms with Gasteiger partial charge >= 0.3 is 5.97 Å². The van der Waals surface area contributed by atoms with Crippen LogP contribution < -0.4 is 4.74 Å². The minimum atomic E-state index is -0.842. The Hall–Kier alpha value is -2.82. The van der Waals surface area contributed by atoms with Gasteiger partial charge in [-0.3, -0.25) is 9.59 Å². The summed E-state index contributed by atoms with van der Waals surface area (Å²) < 4.78 is 5.33. The van der Waals surface area contributed by atoms with Crippen LogP contribution >= 0.6 is 0 Å². The summed E-state index contributed by atoms with van der Waals surface area (Å²) in [6.45, 7) is 0.928. The molecule has 5 nitrogen and oxygen atoms in total. The molecular weight excluding hydrogens is 330 g/mol. The van der Waals surface area contributed by atoms with Crippen molar-refractivity contribution in [2.75, 3.05) is 13.7 Å². The highest BCUT2D eigenvalue weighted by atomic mass is 16.5. The molecule has 138 valence electrons. The molecule has 2 rings (SSSR count). The summed E-state index contributed by atoms with van der Waals surface area (Å²) in [5, 5.41) is 8.85. The molecule has 1 N–H and O–H groups in total. The predicted octanol–water partition coefficient (Wildman–Crippen LogP) is 3.52. The Morgan fingerprint density at radius 1 is 1.00 bits per heavy atom. The molecule has 0 radical (unpaired) electrons. The number of aliphatic carboxylic acids is 1. The van der Waals surface area contributed by atoms with Crippen LogP contribution in [0.2, 0.25) is 0 Å². The van der Waals surface area contributed by atoms with Crippen LogP contribution in [0.25, 0.3) is 0 Å². The number of carbonyl (C=O) groups excluding carboxylic acids is 1. The summed E-state index contributed by atoms with van der Waals surface area (Å²) >= 11 is 0. The summed E-state index contributed by atoms with van der Waals surface area (Å²) in [6.07, 6.45) is 1.46. The van der Waals surface area contributed by atoms with Gasteiger partial charge in [0.25, 0.3) is 0 Å². The Balaban J connectivity index is 2.00. The van der Waals surface area contributed by atoms with Crippen molar-refractivity contribution in [3.8, 4) is 5.75 Å². The first-order chi connectivity index (χ1) is 12.6. The monoisotopic (exact) mass is 355 g/mol. The first kappa shape index (κ1) is 19.5. The van der Waals surface area contributed by atoms with Crippen LogP contribution in [0.4, 0.5) is 0 Å². The fourth-order valence-electron chi connectivity index (χ4n) is 2.83. The summed E-state index contributed by atoms with van der Waals surface area (Å²) in [5.74, 6) is -0.0444. The Kier molecular flexibility index (Phi) is 7.68. The van der Waals surface area contributed by atoms with Crippen molar-refractivity contribution in [2.45, 2.75) is 32.2 Å². The van der Waals surface area contributed by atoms with Gasteiger partial charge in [0.05, 0.1) is 7.11 Å². The van der Waals surface area contributed by atoms with Gasteiger partial charge in [0.2, 0.25) is 5.91 Å². The fourth-order valence-corrected chi connectivity index (χ4v) is 2.83. The molecule has 1 amide bonds. The van der Waals surface area contributed by atoms with E-state index in [1.807, 2.05) is 54.6 Å². The predicted molar refractivity (Wildman–Crippen MR) is 100 cm³/mol. The maximum absolute atomic E-state index is 12.7. The van der Waals surface area contributed by atoms with Gasteiger partial charge in [-0.15, -0.1) is 0 Å². The lowest BCUT2D eigenvalue weighted by atomic mass is 10.1. The standard InChI is InChI=1S/C21H25NO4/c1-26-19-11-6-5-10-18(19)13-14-20(23)22(15-7-12-21(24)25)16-17-8-3-2-4-9-17/h2-6,8-11H,7,12-16H2,1H3,(H,24,25). The van der Waals surface area contributed by atoms with Crippen molar-refractivity contribution >= 4 is 11.9 Å². The molecule has 0 fully saturated rings. The minimum absolute atomic E-state index is 0.0187. The number of nitrogens with zero attached hydrogens (tertiary/aromatic N) is 1. The number of hydrogen-bond acceptors (Lipinski definition) is 3. The van der Waals surface area contributed by atoms with Crippen LogP contribution in [0.1, 0.15) is 30.4 Å². The van der Waals surface area contributed by atoms with E-state index in [-0.39, 0.29) is 12.3 Å². The summed E-state index contributed by atoms with van der Waals surface area (Å²) in [7, 11) is 1.62. The molecule has 0 aliphatic rings. The molecule has 0 aromatic heterocycles. The molecule has 5 heteroatoms. The molecule has 26 heavy (non-hydrogen) atoms. The first-order valence-electron chi connectivity index (χ1n) is 8.75. The van der Waals surface area contributed by atoms with Gasteiger partial charge in [-0.05, 0) is 30.0 Å². The third-order valence-electron chi connectivity index (χ3n) is 4.19. The van der Waals surface area contributed by atoms with Crippen LogP contribution in [-0.2, 0) is 22.6 Å². The second-order valence-corrected chi connectivity index (χ2v) is 6.11. The third-order valence-corrected chi connectivity index (χ3v) is 4.19. The third kappa shape index (κ3) is 6.24. The van der Waals surface area contributed by atoms with Crippen LogP contribution in [0.3, 0.4) is 0 Å². The lowest BCUT2D eigenvalue weighted by molar-refractivity contribution is -0.138. The van der Waals surface area contributed by atoms with Gasteiger partial charge in [0.1, 0.15) is 5.75 Å². The maximum Gasteiger partial charge on any atom is 0.303 e. The number of benzene rings is 2. The molecule has 0 aliphatic carbocycles. The van der Waals surface area contributed by atoms with E-state index in [4.69, 9.17) is 9.84 Å². The molecule has 0 saturated carbocycles. The van der Waals surface area contributed by atoms with E-state index in [9.17, 15) is 9.59 Å². The van der Waals surface area contributed by atoms with Crippen molar-refractivity contribution in [2.24, 2.45) is 0 Å². The highest BCUT2D eigenvalue weighted by molar-refractivity contribution is 5.76. The number of para-hydroxylation sites is 1. The second-order valence-electron chi connectivity index (χ2n) is 6.11. The number of carboxylic acid groups (broad SMARTS) is 1. The highest BCUT2D eigenvalue weighted by Gasteiger charge is 2.15. The highest BCUT2D eigenvalue weighted by Crippen LogP contribution is 2.19. The first-order valence-corrected chi connectivity index (χ1v) is 8.75. The van der Waals surface area contributed by atoms with Crippen molar-refractivity contribution in [3.63, 3.8) is 0 Å². The minimum Gasteiger partial charge on any atom is -0.496 e.